The van der Waals surface area contributed by atoms with Gasteiger partial charge in [0, 0.05) is 19.6 Å². The topological polar surface area (TPSA) is 52.6 Å². The zero-order valence-electron chi connectivity index (χ0n) is 11.2. The van der Waals surface area contributed by atoms with Crippen molar-refractivity contribution in [3.05, 3.63) is 12.7 Å². The Balaban J connectivity index is 4.47. The van der Waals surface area contributed by atoms with Crippen molar-refractivity contribution in [2.45, 2.75) is 33.1 Å². The van der Waals surface area contributed by atoms with Gasteiger partial charge in [-0.15, -0.1) is 6.58 Å². The number of carbonyl (C=O) groups is 1. The van der Waals surface area contributed by atoms with Gasteiger partial charge in [0.15, 0.2) is 5.78 Å². The van der Waals surface area contributed by atoms with E-state index in [-0.39, 0.29) is 11.9 Å². The minimum absolute atomic E-state index is 0.0893. The lowest BCUT2D eigenvalue weighted by atomic mass is 9.83. The molecule has 0 saturated carbocycles. The van der Waals surface area contributed by atoms with Crippen molar-refractivity contribution in [2.24, 2.45) is 5.41 Å². The zero-order chi connectivity index (χ0) is 13.5. The number of unbranched alkanes of at least 4 members (excludes halogenated alkanes) is 1. The van der Waals surface area contributed by atoms with E-state index < -0.39 is 13.0 Å². The van der Waals surface area contributed by atoms with E-state index in [1.54, 1.807) is 0 Å². The fourth-order valence-electron chi connectivity index (χ4n) is 1.42. The molecule has 0 aliphatic carbocycles. The Morgan fingerprint density at radius 1 is 1.35 bits per heavy atom. The van der Waals surface area contributed by atoms with Gasteiger partial charge in [-0.05, 0) is 19.3 Å². The Morgan fingerprint density at radius 3 is 2.29 bits per heavy atom. The Bertz CT molecular complexity index is 302. The van der Waals surface area contributed by atoms with E-state index in [4.69, 9.17) is 9.05 Å². The SMILES string of the molecule is C=CCCCC(C)(C)C(=O)CP(=O)(OC)OC. The molecular weight excluding hydrogens is 239 g/mol. The van der Waals surface area contributed by atoms with Crippen molar-refractivity contribution >= 4 is 13.4 Å². The summed E-state index contributed by atoms with van der Waals surface area (Å²) in [6.07, 6.45) is 4.18. The molecule has 0 rings (SSSR count). The average Bonchev–Trinajstić information content (AvgIpc) is 2.29. The molecule has 0 aliphatic heterocycles. The first-order chi connectivity index (χ1) is 7.81. The van der Waals surface area contributed by atoms with Gasteiger partial charge in [-0.1, -0.05) is 19.9 Å². The summed E-state index contributed by atoms with van der Waals surface area (Å²) in [5, 5.41) is 0. The zero-order valence-corrected chi connectivity index (χ0v) is 12.1. The summed E-state index contributed by atoms with van der Waals surface area (Å²) >= 11 is 0. The summed E-state index contributed by atoms with van der Waals surface area (Å²) < 4.78 is 21.4. The second-order valence-corrected chi connectivity index (χ2v) is 6.89. The molecule has 100 valence electrons. The van der Waals surface area contributed by atoms with Crippen molar-refractivity contribution in [3.8, 4) is 0 Å². The summed E-state index contributed by atoms with van der Waals surface area (Å²) in [7, 11) is -0.655. The van der Waals surface area contributed by atoms with E-state index in [0.717, 1.165) is 19.3 Å². The number of ketones is 1. The van der Waals surface area contributed by atoms with Crippen molar-refractivity contribution in [1.82, 2.24) is 0 Å². The predicted molar refractivity (Wildman–Crippen MR) is 69.3 cm³/mol. The van der Waals surface area contributed by atoms with Gasteiger partial charge in [0.2, 0.25) is 0 Å². The van der Waals surface area contributed by atoms with Crippen LogP contribution < -0.4 is 0 Å². The number of hydrogen-bond donors (Lipinski definition) is 0. The van der Waals surface area contributed by atoms with Gasteiger partial charge in [0.05, 0.1) is 0 Å². The second-order valence-electron chi connectivity index (χ2n) is 4.62. The number of Topliss-reactive ketones (excluding diaryl/α,β-unsaturated/α-hetero) is 1. The van der Waals surface area contributed by atoms with Gasteiger partial charge >= 0.3 is 7.60 Å². The Hall–Kier alpha value is -0.440. The monoisotopic (exact) mass is 262 g/mol. The molecule has 17 heavy (non-hydrogen) atoms. The van der Waals surface area contributed by atoms with Crippen LogP contribution in [0, 0.1) is 5.41 Å². The molecule has 5 heteroatoms. The van der Waals surface area contributed by atoms with Crippen LogP contribution in [0.3, 0.4) is 0 Å². The summed E-state index contributed by atoms with van der Waals surface area (Å²) in [6.45, 7) is 7.35. The van der Waals surface area contributed by atoms with Crippen LogP contribution in [-0.4, -0.2) is 26.2 Å². The van der Waals surface area contributed by atoms with Crippen LogP contribution in [0.15, 0.2) is 12.7 Å². The highest BCUT2D eigenvalue weighted by atomic mass is 31.2. The summed E-state index contributed by atoms with van der Waals surface area (Å²) in [4.78, 5) is 12.0. The lowest BCUT2D eigenvalue weighted by molar-refractivity contribution is -0.125. The molecule has 0 saturated heterocycles. The third-order valence-corrected chi connectivity index (χ3v) is 4.65. The lowest BCUT2D eigenvalue weighted by Gasteiger charge is -2.24. The van der Waals surface area contributed by atoms with Crippen LogP contribution in [0.5, 0.6) is 0 Å². The Kier molecular flexibility index (Phi) is 6.91. The largest absolute Gasteiger partial charge is 0.337 e. The molecule has 0 amide bonds. The second kappa shape index (κ2) is 7.10. The molecule has 0 heterocycles. The molecule has 0 aromatic rings. The maximum atomic E-state index is 12.0. The lowest BCUT2D eigenvalue weighted by Crippen LogP contribution is -2.27. The van der Waals surface area contributed by atoms with Crippen molar-refractivity contribution < 1.29 is 18.4 Å². The van der Waals surface area contributed by atoms with Gasteiger partial charge in [0.1, 0.15) is 6.16 Å². The third-order valence-electron chi connectivity index (χ3n) is 2.86. The fraction of sp³-hybridized carbons (Fsp3) is 0.750. The molecule has 0 unspecified atom stereocenters. The van der Waals surface area contributed by atoms with Crippen molar-refractivity contribution in [3.63, 3.8) is 0 Å². The molecule has 0 aliphatic rings. The normalized spacial score (nSPS) is 12.5. The van der Waals surface area contributed by atoms with E-state index in [0.29, 0.717) is 0 Å². The first-order valence-electron chi connectivity index (χ1n) is 5.66. The molecule has 0 spiro atoms. The van der Waals surface area contributed by atoms with E-state index in [1.165, 1.54) is 14.2 Å². The molecule has 0 aromatic carbocycles. The predicted octanol–water partition coefficient (Wildman–Crippen LogP) is 3.42. The van der Waals surface area contributed by atoms with E-state index in [9.17, 15) is 9.36 Å². The smallest absolute Gasteiger partial charge is 0.312 e. The molecule has 0 radical (unpaired) electrons. The number of rotatable bonds is 9. The summed E-state index contributed by atoms with van der Waals surface area (Å²) in [6, 6.07) is 0. The van der Waals surface area contributed by atoms with Crippen LogP contribution in [0.25, 0.3) is 0 Å². The first kappa shape index (κ1) is 16.6. The number of allylic oxidation sites excluding steroid dienone is 1. The van der Waals surface area contributed by atoms with E-state index in [1.807, 2.05) is 19.9 Å². The Labute approximate surface area is 104 Å². The summed E-state index contributed by atoms with van der Waals surface area (Å²) in [5.74, 6) is -0.0893. The van der Waals surface area contributed by atoms with Crippen LogP contribution in [0.4, 0.5) is 0 Å². The Morgan fingerprint density at radius 2 is 1.88 bits per heavy atom. The number of hydrogen-bond acceptors (Lipinski definition) is 4. The summed E-state index contributed by atoms with van der Waals surface area (Å²) in [5.41, 5.74) is -0.504. The average molecular weight is 262 g/mol. The highest BCUT2D eigenvalue weighted by molar-refractivity contribution is 7.54. The standard InChI is InChI=1S/C12H23O4P/c1-6-7-8-9-12(2,3)11(13)10-17(14,15-4)16-5/h6H,1,7-10H2,2-5H3. The number of carbonyl (C=O) groups excluding carboxylic acids is 1. The van der Waals surface area contributed by atoms with Crippen molar-refractivity contribution in [1.29, 1.82) is 0 Å². The minimum Gasteiger partial charge on any atom is -0.312 e. The molecule has 0 atom stereocenters. The maximum Gasteiger partial charge on any atom is 0.337 e. The van der Waals surface area contributed by atoms with Crippen LogP contribution in [0.1, 0.15) is 33.1 Å². The minimum atomic E-state index is -3.24. The molecule has 0 N–H and O–H groups in total. The highest BCUT2D eigenvalue weighted by Crippen LogP contribution is 2.47. The van der Waals surface area contributed by atoms with Gasteiger partial charge in [-0.25, -0.2) is 0 Å². The quantitative estimate of drug-likeness (QED) is 0.363. The first-order valence-corrected chi connectivity index (χ1v) is 7.39. The van der Waals surface area contributed by atoms with Gasteiger partial charge < -0.3 is 9.05 Å². The van der Waals surface area contributed by atoms with Crippen LogP contribution in [0.2, 0.25) is 0 Å². The van der Waals surface area contributed by atoms with E-state index in [2.05, 4.69) is 6.58 Å². The molecule has 0 fully saturated rings. The maximum absolute atomic E-state index is 12.0. The molecular formula is C12H23O4P. The third kappa shape index (κ3) is 5.62. The molecule has 0 aromatic heterocycles. The van der Waals surface area contributed by atoms with Crippen LogP contribution in [-0.2, 0) is 18.4 Å². The highest BCUT2D eigenvalue weighted by Gasteiger charge is 2.34. The van der Waals surface area contributed by atoms with E-state index >= 15 is 0 Å². The van der Waals surface area contributed by atoms with Gasteiger partial charge in [-0.2, -0.15) is 0 Å². The van der Waals surface area contributed by atoms with Crippen LogP contribution >= 0.6 is 7.60 Å². The van der Waals surface area contributed by atoms with Gasteiger partial charge in [-0.3, -0.25) is 9.36 Å². The van der Waals surface area contributed by atoms with Crippen molar-refractivity contribution in [2.75, 3.05) is 20.4 Å². The molecule has 0 bridgehead atoms. The van der Waals surface area contributed by atoms with Gasteiger partial charge in [0.25, 0.3) is 0 Å². The molecule has 4 nitrogen and oxygen atoms in total. The fourth-order valence-corrected chi connectivity index (χ4v) is 2.61.